The second kappa shape index (κ2) is 7.84. The third-order valence-electron chi connectivity index (χ3n) is 4.47. The SMILES string of the molecule is CCc1cccc(/C(N)=C/C(c2ccccc2)C(C)CC)c1. The van der Waals surface area contributed by atoms with Crippen LogP contribution >= 0.6 is 0 Å². The monoisotopic (exact) mass is 293 g/mol. The lowest BCUT2D eigenvalue weighted by atomic mass is 9.84. The molecule has 0 aliphatic carbocycles. The van der Waals surface area contributed by atoms with E-state index in [2.05, 4.69) is 81.4 Å². The highest BCUT2D eigenvalue weighted by Crippen LogP contribution is 2.30. The molecule has 0 bridgehead atoms. The standard InChI is InChI=1S/C21H27N/c1-4-16(3)20(18-11-7-6-8-12-18)15-21(22)19-13-9-10-17(5-2)14-19/h6-16,20H,4-5,22H2,1-3H3/b21-15-. The molecule has 0 fully saturated rings. The van der Waals surface area contributed by atoms with E-state index in [1.54, 1.807) is 0 Å². The molecule has 0 saturated heterocycles. The molecule has 0 aliphatic rings. The molecule has 2 atom stereocenters. The van der Waals surface area contributed by atoms with E-state index in [4.69, 9.17) is 5.73 Å². The van der Waals surface area contributed by atoms with Crippen LogP contribution in [-0.2, 0) is 6.42 Å². The zero-order valence-corrected chi connectivity index (χ0v) is 13.9. The molecular formula is C21H27N. The van der Waals surface area contributed by atoms with Crippen molar-refractivity contribution in [3.05, 3.63) is 77.4 Å². The number of allylic oxidation sites excluding steroid dienone is 1. The number of hydrogen-bond donors (Lipinski definition) is 1. The molecule has 2 aromatic rings. The number of hydrogen-bond acceptors (Lipinski definition) is 1. The van der Waals surface area contributed by atoms with Crippen LogP contribution in [0.25, 0.3) is 5.70 Å². The number of aryl methyl sites for hydroxylation is 1. The van der Waals surface area contributed by atoms with E-state index in [-0.39, 0.29) is 0 Å². The maximum Gasteiger partial charge on any atom is 0.0353 e. The molecule has 2 N–H and O–H groups in total. The summed E-state index contributed by atoms with van der Waals surface area (Å²) in [7, 11) is 0. The Morgan fingerprint density at radius 1 is 1.05 bits per heavy atom. The molecule has 2 unspecified atom stereocenters. The van der Waals surface area contributed by atoms with E-state index >= 15 is 0 Å². The molecule has 116 valence electrons. The van der Waals surface area contributed by atoms with Gasteiger partial charge in [0.1, 0.15) is 0 Å². The Kier molecular flexibility index (Phi) is 5.83. The van der Waals surface area contributed by atoms with Crippen molar-refractivity contribution in [1.29, 1.82) is 0 Å². The van der Waals surface area contributed by atoms with E-state index in [0.29, 0.717) is 11.8 Å². The Balaban J connectivity index is 2.35. The van der Waals surface area contributed by atoms with Gasteiger partial charge in [0.15, 0.2) is 0 Å². The van der Waals surface area contributed by atoms with Crippen molar-refractivity contribution < 1.29 is 0 Å². The van der Waals surface area contributed by atoms with Crippen molar-refractivity contribution in [2.45, 2.75) is 39.5 Å². The molecule has 0 aliphatic heterocycles. The van der Waals surface area contributed by atoms with E-state index in [0.717, 1.165) is 24.1 Å². The van der Waals surface area contributed by atoms with Gasteiger partial charge >= 0.3 is 0 Å². The summed E-state index contributed by atoms with van der Waals surface area (Å²) in [5, 5.41) is 0. The second-order valence-electron chi connectivity index (χ2n) is 6.00. The van der Waals surface area contributed by atoms with Gasteiger partial charge in [0, 0.05) is 11.6 Å². The van der Waals surface area contributed by atoms with Crippen molar-refractivity contribution >= 4 is 5.70 Å². The summed E-state index contributed by atoms with van der Waals surface area (Å²) in [6.07, 6.45) is 4.41. The van der Waals surface area contributed by atoms with Gasteiger partial charge in [0.2, 0.25) is 0 Å². The molecule has 1 nitrogen and oxygen atoms in total. The fraction of sp³-hybridized carbons (Fsp3) is 0.333. The lowest BCUT2D eigenvalue weighted by Crippen LogP contribution is -2.09. The van der Waals surface area contributed by atoms with Crippen molar-refractivity contribution in [1.82, 2.24) is 0 Å². The van der Waals surface area contributed by atoms with Crippen LogP contribution < -0.4 is 5.73 Å². The highest BCUT2D eigenvalue weighted by molar-refractivity contribution is 5.64. The molecule has 0 saturated carbocycles. The number of benzene rings is 2. The van der Waals surface area contributed by atoms with Gasteiger partial charge in [-0.05, 0) is 35.1 Å². The Labute approximate surface area is 134 Å². The lowest BCUT2D eigenvalue weighted by molar-refractivity contribution is 0.507. The molecule has 1 heteroatoms. The van der Waals surface area contributed by atoms with Crippen LogP contribution in [0.5, 0.6) is 0 Å². The van der Waals surface area contributed by atoms with Gasteiger partial charge in [-0.3, -0.25) is 0 Å². The molecule has 0 aromatic heterocycles. The zero-order chi connectivity index (χ0) is 15.9. The first-order chi connectivity index (χ1) is 10.7. The normalized spacial score (nSPS) is 14.6. The summed E-state index contributed by atoms with van der Waals surface area (Å²) in [6, 6.07) is 19.2. The van der Waals surface area contributed by atoms with Crippen LogP contribution in [0, 0.1) is 5.92 Å². The third kappa shape index (κ3) is 4.00. The van der Waals surface area contributed by atoms with Crippen LogP contribution in [0.3, 0.4) is 0 Å². The first-order valence-electron chi connectivity index (χ1n) is 8.27. The van der Waals surface area contributed by atoms with Crippen molar-refractivity contribution in [3.8, 4) is 0 Å². The van der Waals surface area contributed by atoms with E-state index in [1.165, 1.54) is 11.1 Å². The number of rotatable bonds is 6. The van der Waals surface area contributed by atoms with Crippen LogP contribution in [0.2, 0.25) is 0 Å². The minimum Gasteiger partial charge on any atom is -0.398 e. The van der Waals surface area contributed by atoms with Crippen molar-refractivity contribution in [2.24, 2.45) is 11.7 Å². The molecule has 0 spiro atoms. The summed E-state index contributed by atoms with van der Waals surface area (Å²) in [4.78, 5) is 0. The Morgan fingerprint density at radius 3 is 2.41 bits per heavy atom. The zero-order valence-electron chi connectivity index (χ0n) is 13.9. The fourth-order valence-electron chi connectivity index (χ4n) is 2.78. The van der Waals surface area contributed by atoms with Gasteiger partial charge in [-0.25, -0.2) is 0 Å². The van der Waals surface area contributed by atoms with Crippen molar-refractivity contribution in [3.63, 3.8) is 0 Å². The summed E-state index contributed by atoms with van der Waals surface area (Å²) in [6.45, 7) is 6.71. The predicted octanol–water partition coefficient (Wildman–Crippen LogP) is 5.38. The van der Waals surface area contributed by atoms with Gasteiger partial charge in [-0.15, -0.1) is 0 Å². The quantitative estimate of drug-likeness (QED) is 0.760. The Hall–Kier alpha value is -2.02. The molecule has 22 heavy (non-hydrogen) atoms. The van der Waals surface area contributed by atoms with Crippen molar-refractivity contribution in [2.75, 3.05) is 0 Å². The van der Waals surface area contributed by atoms with Crippen LogP contribution in [0.4, 0.5) is 0 Å². The summed E-state index contributed by atoms with van der Waals surface area (Å²) in [5.74, 6) is 0.923. The van der Waals surface area contributed by atoms with Gasteiger partial charge in [-0.1, -0.05) is 81.8 Å². The van der Waals surface area contributed by atoms with Gasteiger partial charge in [0.25, 0.3) is 0 Å². The smallest absolute Gasteiger partial charge is 0.0353 e. The molecule has 0 amide bonds. The maximum atomic E-state index is 6.41. The van der Waals surface area contributed by atoms with Gasteiger partial charge in [0.05, 0.1) is 0 Å². The summed E-state index contributed by atoms with van der Waals surface area (Å²) in [5.41, 5.74) is 11.1. The highest BCUT2D eigenvalue weighted by Gasteiger charge is 2.16. The predicted molar refractivity (Wildman–Crippen MR) is 96.6 cm³/mol. The Morgan fingerprint density at radius 2 is 1.77 bits per heavy atom. The minimum atomic E-state index is 0.358. The second-order valence-corrected chi connectivity index (χ2v) is 6.00. The molecular weight excluding hydrogens is 266 g/mol. The summed E-state index contributed by atoms with van der Waals surface area (Å²) < 4.78 is 0. The highest BCUT2D eigenvalue weighted by atomic mass is 14.6. The molecule has 2 rings (SSSR count). The molecule has 0 radical (unpaired) electrons. The van der Waals surface area contributed by atoms with Gasteiger partial charge < -0.3 is 5.73 Å². The average molecular weight is 293 g/mol. The minimum absolute atomic E-state index is 0.358. The van der Waals surface area contributed by atoms with E-state index < -0.39 is 0 Å². The maximum absolute atomic E-state index is 6.41. The fourth-order valence-corrected chi connectivity index (χ4v) is 2.78. The summed E-state index contributed by atoms with van der Waals surface area (Å²) >= 11 is 0. The van der Waals surface area contributed by atoms with E-state index in [9.17, 15) is 0 Å². The first kappa shape index (κ1) is 16.4. The lowest BCUT2D eigenvalue weighted by Gasteiger charge is -2.21. The Bertz CT molecular complexity index is 613. The molecule has 2 aromatic carbocycles. The molecule has 0 heterocycles. The van der Waals surface area contributed by atoms with Gasteiger partial charge in [-0.2, -0.15) is 0 Å². The average Bonchev–Trinajstić information content (AvgIpc) is 2.59. The number of nitrogens with two attached hydrogens (primary N) is 1. The van der Waals surface area contributed by atoms with Crippen LogP contribution in [-0.4, -0.2) is 0 Å². The topological polar surface area (TPSA) is 26.0 Å². The third-order valence-corrected chi connectivity index (χ3v) is 4.47. The van der Waals surface area contributed by atoms with Crippen LogP contribution in [0.1, 0.15) is 49.8 Å². The first-order valence-corrected chi connectivity index (χ1v) is 8.27. The largest absolute Gasteiger partial charge is 0.398 e. The van der Waals surface area contributed by atoms with E-state index in [1.807, 2.05) is 0 Å². The van der Waals surface area contributed by atoms with Crippen LogP contribution in [0.15, 0.2) is 60.7 Å².